The Kier molecular flexibility index (Phi) is 5.47. The highest BCUT2D eigenvalue weighted by Gasteiger charge is 2.26. The summed E-state index contributed by atoms with van der Waals surface area (Å²) in [5.74, 6) is 0.143. The molecule has 1 fully saturated rings. The summed E-state index contributed by atoms with van der Waals surface area (Å²) in [7, 11) is 1.81. The maximum absolute atomic E-state index is 12.7. The number of aryl methyl sites for hydroxylation is 1. The largest absolute Gasteiger partial charge is 0.329 e. The van der Waals surface area contributed by atoms with Gasteiger partial charge in [0.15, 0.2) is 0 Å². The quantitative estimate of drug-likeness (QED) is 0.769. The fourth-order valence-electron chi connectivity index (χ4n) is 2.88. The number of hydrogen-bond acceptors (Lipinski definition) is 3. The number of pyridine rings is 1. The van der Waals surface area contributed by atoms with Crippen molar-refractivity contribution in [1.29, 1.82) is 0 Å². The van der Waals surface area contributed by atoms with Gasteiger partial charge in [-0.1, -0.05) is 18.5 Å². The molecule has 3 rings (SSSR count). The fourth-order valence-corrected chi connectivity index (χ4v) is 3.04. The summed E-state index contributed by atoms with van der Waals surface area (Å²) >= 11 is 6.17. The van der Waals surface area contributed by atoms with Gasteiger partial charge >= 0.3 is 0 Å². The highest BCUT2D eigenvalue weighted by molar-refractivity contribution is 6.31. The number of aromatic nitrogens is 2. The lowest BCUT2D eigenvalue weighted by Crippen LogP contribution is -2.28. The van der Waals surface area contributed by atoms with Crippen molar-refractivity contribution < 1.29 is 4.79 Å². The maximum Gasteiger partial charge on any atom is 0.233 e. The zero-order chi connectivity index (χ0) is 18.8. The summed E-state index contributed by atoms with van der Waals surface area (Å²) in [5, 5.41) is 3.73. The summed E-state index contributed by atoms with van der Waals surface area (Å²) in [6.07, 6.45) is 8.84. The molecule has 1 amide bonds. The van der Waals surface area contributed by atoms with E-state index in [0.29, 0.717) is 10.9 Å². The molecule has 0 radical (unpaired) electrons. The summed E-state index contributed by atoms with van der Waals surface area (Å²) in [5.41, 5.74) is 4.47. The molecule has 0 aliphatic heterocycles. The van der Waals surface area contributed by atoms with E-state index < -0.39 is 0 Å². The van der Waals surface area contributed by atoms with Crippen molar-refractivity contribution >= 4 is 28.9 Å². The van der Waals surface area contributed by atoms with Crippen LogP contribution in [0, 0.1) is 12.8 Å². The van der Waals surface area contributed by atoms with Gasteiger partial charge in [0.1, 0.15) is 5.65 Å². The lowest BCUT2D eigenvalue weighted by atomic mass is 10.1. The molecule has 1 atom stereocenters. The van der Waals surface area contributed by atoms with Crippen molar-refractivity contribution in [3.63, 3.8) is 0 Å². The number of hydrogen-bond donors (Lipinski definition) is 1. The number of carbonyl (C=O) groups excluding carboxylic acids is 1. The van der Waals surface area contributed by atoms with Gasteiger partial charge in [0.25, 0.3) is 0 Å². The number of rotatable bonds is 6. The molecule has 1 unspecified atom stereocenters. The highest BCUT2D eigenvalue weighted by atomic mass is 35.5. The van der Waals surface area contributed by atoms with Crippen molar-refractivity contribution in [2.45, 2.75) is 46.0 Å². The van der Waals surface area contributed by atoms with Crippen LogP contribution in [0.2, 0.25) is 5.02 Å². The minimum Gasteiger partial charge on any atom is -0.329 e. The van der Waals surface area contributed by atoms with Crippen molar-refractivity contribution in [3.8, 4) is 0 Å². The molecule has 2 heterocycles. The molecule has 0 saturated heterocycles. The summed E-state index contributed by atoms with van der Waals surface area (Å²) in [6, 6.07) is 1.92. The van der Waals surface area contributed by atoms with Crippen LogP contribution < -0.4 is 5.32 Å². The van der Waals surface area contributed by atoms with Crippen LogP contribution in [0.5, 0.6) is 0 Å². The van der Waals surface area contributed by atoms with E-state index in [0.717, 1.165) is 34.7 Å². The van der Waals surface area contributed by atoms with Crippen LogP contribution in [-0.2, 0) is 4.79 Å². The molecule has 0 aromatic carbocycles. The first-order valence-electron chi connectivity index (χ1n) is 9.05. The van der Waals surface area contributed by atoms with Gasteiger partial charge in [-0.3, -0.25) is 9.79 Å². The van der Waals surface area contributed by atoms with Crippen molar-refractivity contribution in [1.82, 2.24) is 14.7 Å². The lowest BCUT2D eigenvalue weighted by molar-refractivity contribution is -0.121. The zero-order valence-corrected chi connectivity index (χ0v) is 16.5. The Labute approximate surface area is 159 Å². The number of aliphatic imine (C=N–C) groups is 1. The molecule has 0 bridgehead atoms. The van der Waals surface area contributed by atoms with Gasteiger partial charge in [0.05, 0.1) is 16.6 Å². The molecule has 2 aromatic rings. The zero-order valence-electron chi connectivity index (χ0n) is 15.7. The SMILES string of the molecule is CC/C(=C\C(=N/C)C1CC1)NC(=O)C(C)c1cn2cc(Cl)c(C)cc2n1. The van der Waals surface area contributed by atoms with Gasteiger partial charge in [-0.25, -0.2) is 4.98 Å². The molecule has 138 valence electrons. The van der Waals surface area contributed by atoms with E-state index in [1.54, 1.807) is 0 Å². The first kappa shape index (κ1) is 18.6. The average molecular weight is 373 g/mol. The molecule has 1 N–H and O–H groups in total. The summed E-state index contributed by atoms with van der Waals surface area (Å²) in [4.78, 5) is 21.7. The molecular weight excluding hydrogens is 348 g/mol. The third kappa shape index (κ3) is 3.98. The number of imidazole rings is 1. The van der Waals surface area contributed by atoms with Crippen molar-refractivity contribution in [3.05, 3.63) is 46.5 Å². The molecule has 26 heavy (non-hydrogen) atoms. The Morgan fingerprint density at radius 1 is 1.50 bits per heavy atom. The predicted molar refractivity (Wildman–Crippen MR) is 106 cm³/mol. The fraction of sp³-hybridized carbons (Fsp3) is 0.450. The molecule has 1 saturated carbocycles. The van der Waals surface area contributed by atoms with Gasteiger partial charge < -0.3 is 9.72 Å². The van der Waals surface area contributed by atoms with E-state index >= 15 is 0 Å². The van der Waals surface area contributed by atoms with E-state index in [2.05, 4.69) is 15.3 Å². The third-order valence-electron chi connectivity index (χ3n) is 4.83. The van der Waals surface area contributed by atoms with E-state index in [-0.39, 0.29) is 11.8 Å². The number of nitrogens with zero attached hydrogens (tertiary/aromatic N) is 3. The molecular formula is C20H25ClN4O. The van der Waals surface area contributed by atoms with Gasteiger partial charge in [0, 0.05) is 36.8 Å². The number of carbonyl (C=O) groups is 1. The predicted octanol–water partition coefficient (Wildman–Crippen LogP) is 4.29. The number of allylic oxidation sites excluding steroid dienone is 2. The van der Waals surface area contributed by atoms with Crippen LogP contribution >= 0.6 is 11.6 Å². The van der Waals surface area contributed by atoms with Crippen LogP contribution in [-0.4, -0.2) is 28.1 Å². The van der Waals surface area contributed by atoms with Crippen LogP contribution in [0.15, 0.2) is 35.2 Å². The van der Waals surface area contributed by atoms with Gasteiger partial charge in [0.2, 0.25) is 5.91 Å². The highest BCUT2D eigenvalue weighted by Crippen LogP contribution is 2.31. The van der Waals surface area contributed by atoms with Crippen molar-refractivity contribution in [2.24, 2.45) is 10.9 Å². The Hall–Kier alpha value is -2.14. The molecule has 1 aliphatic carbocycles. The smallest absolute Gasteiger partial charge is 0.233 e. The molecule has 5 nitrogen and oxygen atoms in total. The first-order chi connectivity index (χ1) is 12.4. The first-order valence-corrected chi connectivity index (χ1v) is 9.43. The third-order valence-corrected chi connectivity index (χ3v) is 5.23. The number of halogens is 1. The Balaban J connectivity index is 1.77. The molecule has 0 spiro atoms. The van der Waals surface area contributed by atoms with E-state index in [1.165, 1.54) is 12.8 Å². The van der Waals surface area contributed by atoms with Crippen LogP contribution in [0.25, 0.3) is 5.65 Å². The topological polar surface area (TPSA) is 58.8 Å². The standard InChI is InChI=1S/C20H25ClN4O/c1-5-15(9-17(22-4)14-6-7-14)23-20(26)13(3)18-11-25-10-16(21)12(2)8-19(25)24-18/h8-11,13-14H,5-7H2,1-4H3,(H,23,26)/b15-9+,22-17+. The van der Waals surface area contributed by atoms with Crippen LogP contribution in [0.4, 0.5) is 0 Å². The second-order valence-electron chi connectivity index (χ2n) is 6.89. The van der Waals surface area contributed by atoms with Gasteiger partial charge in [-0.15, -0.1) is 0 Å². The number of fused-ring (bicyclic) bond motifs is 1. The number of nitrogens with one attached hydrogen (secondary N) is 1. The molecule has 6 heteroatoms. The number of amides is 1. The normalized spacial score (nSPS) is 16.8. The summed E-state index contributed by atoms with van der Waals surface area (Å²) < 4.78 is 1.86. The molecule has 2 aromatic heterocycles. The van der Waals surface area contributed by atoms with E-state index in [9.17, 15) is 4.79 Å². The Morgan fingerprint density at radius 3 is 2.85 bits per heavy atom. The minimum atomic E-state index is -0.355. The maximum atomic E-state index is 12.7. The van der Waals surface area contributed by atoms with Crippen LogP contribution in [0.1, 0.15) is 50.3 Å². The average Bonchev–Trinajstić information content (AvgIpc) is 3.39. The Morgan fingerprint density at radius 2 is 2.23 bits per heavy atom. The monoisotopic (exact) mass is 372 g/mol. The second-order valence-corrected chi connectivity index (χ2v) is 7.30. The minimum absolute atomic E-state index is 0.0597. The van der Waals surface area contributed by atoms with Gasteiger partial charge in [-0.2, -0.15) is 0 Å². The second kappa shape index (κ2) is 7.62. The summed E-state index contributed by atoms with van der Waals surface area (Å²) in [6.45, 7) is 5.85. The van der Waals surface area contributed by atoms with Crippen molar-refractivity contribution in [2.75, 3.05) is 7.05 Å². The van der Waals surface area contributed by atoms with E-state index in [1.807, 2.05) is 56.8 Å². The lowest BCUT2D eigenvalue weighted by Gasteiger charge is -2.12. The van der Waals surface area contributed by atoms with Gasteiger partial charge in [-0.05, 0) is 50.8 Å². The molecule has 1 aliphatic rings. The van der Waals surface area contributed by atoms with Crippen LogP contribution in [0.3, 0.4) is 0 Å². The Bertz CT molecular complexity index is 854. The van der Waals surface area contributed by atoms with E-state index in [4.69, 9.17) is 11.6 Å².